The third-order valence-corrected chi connectivity index (χ3v) is 8.20. The van der Waals surface area contributed by atoms with Crippen molar-refractivity contribution >= 4 is 50.7 Å². The highest BCUT2D eigenvalue weighted by Crippen LogP contribution is 2.25. The molecule has 0 radical (unpaired) electrons. The summed E-state index contributed by atoms with van der Waals surface area (Å²) in [5.41, 5.74) is 1.22. The zero-order valence-electron chi connectivity index (χ0n) is 20.6. The summed E-state index contributed by atoms with van der Waals surface area (Å²) in [6.07, 6.45) is 5.56. The van der Waals surface area contributed by atoms with Crippen LogP contribution in [0, 0.1) is 0 Å². The molecule has 1 fully saturated rings. The van der Waals surface area contributed by atoms with Crippen molar-refractivity contribution in [3.8, 4) is 0 Å². The van der Waals surface area contributed by atoms with Crippen LogP contribution in [0.2, 0.25) is 10.0 Å². The van der Waals surface area contributed by atoms with Crippen LogP contribution in [0.4, 0.5) is 5.69 Å². The van der Waals surface area contributed by atoms with Crippen molar-refractivity contribution < 1.29 is 18.0 Å². The number of hydrogen-bond donors (Lipinski definition) is 1. The molecule has 0 spiro atoms. The minimum Gasteiger partial charge on any atom is -0.352 e. The van der Waals surface area contributed by atoms with Crippen LogP contribution in [0.15, 0.2) is 48.5 Å². The Morgan fingerprint density at radius 2 is 1.75 bits per heavy atom. The number of nitrogens with one attached hydrogen (secondary N) is 1. The van der Waals surface area contributed by atoms with Gasteiger partial charge in [0.2, 0.25) is 21.8 Å². The van der Waals surface area contributed by atoms with Gasteiger partial charge in [-0.05, 0) is 56.0 Å². The Balaban J connectivity index is 1.73. The number of anilines is 1. The third kappa shape index (κ3) is 7.85. The Hall–Kier alpha value is -2.29. The standard InChI is InChI=1S/C26H33Cl2N3O4S/c1-19(26(33)29-22-9-6-7-10-22)30(18-20-14-15-21(27)17-24(20)28)25(32)13-8-16-31(36(2,34)35)23-11-4-3-5-12-23/h3-5,11-12,14-15,17,19,22H,6-10,13,16,18H2,1-2H3,(H,29,33)/t19-/m1/s1. The number of amides is 2. The van der Waals surface area contributed by atoms with Gasteiger partial charge in [-0.1, -0.05) is 60.3 Å². The molecule has 0 bridgehead atoms. The number of para-hydroxylation sites is 1. The molecule has 1 N–H and O–H groups in total. The molecule has 0 saturated heterocycles. The van der Waals surface area contributed by atoms with E-state index in [9.17, 15) is 18.0 Å². The fourth-order valence-electron chi connectivity index (χ4n) is 4.41. The van der Waals surface area contributed by atoms with E-state index in [1.807, 2.05) is 6.07 Å². The maximum absolute atomic E-state index is 13.4. The molecule has 0 aromatic heterocycles. The Morgan fingerprint density at radius 1 is 1.08 bits per heavy atom. The SMILES string of the molecule is C[C@H](C(=O)NC1CCCC1)N(Cc1ccc(Cl)cc1Cl)C(=O)CCCN(c1ccccc1)S(C)(=O)=O. The molecule has 10 heteroatoms. The van der Waals surface area contributed by atoms with Gasteiger partial charge >= 0.3 is 0 Å². The second-order valence-electron chi connectivity index (χ2n) is 9.20. The maximum Gasteiger partial charge on any atom is 0.242 e. The number of carbonyl (C=O) groups is 2. The number of rotatable bonds is 11. The number of nitrogens with zero attached hydrogens (tertiary/aromatic N) is 2. The predicted molar refractivity (Wildman–Crippen MR) is 145 cm³/mol. The first-order valence-corrected chi connectivity index (χ1v) is 14.7. The van der Waals surface area contributed by atoms with Gasteiger partial charge in [0.15, 0.2) is 0 Å². The molecule has 0 heterocycles. The number of carbonyl (C=O) groups excluding carboxylic acids is 2. The summed E-state index contributed by atoms with van der Waals surface area (Å²) in [5, 5.41) is 3.96. The van der Waals surface area contributed by atoms with Crippen LogP contribution in [-0.4, -0.2) is 50.0 Å². The highest BCUT2D eigenvalue weighted by atomic mass is 35.5. The monoisotopic (exact) mass is 553 g/mol. The Kier molecular flexibility index (Phi) is 10.0. The van der Waals surface area contributed by atoms with E-state index in [1.54, 1.807) is 49.4 Å². The Labute approximate surface area is 223 Å². The molecule has 2 aromatic rings. The van der Waals surface area contributed by atoms with Crippen molar-refractivity contribution in [1.29, 1.82) is 0 Å². The molecule has 2 aromatic carbocycles. The van der Waals surface area contributed by atoms with Crippen molar-refractivity contribution in [2.75, 3.05) is 17.1 Å². The van der Waals surface area contributed by atoms with Crippen molar-refractivity contribution in [3.63, 3.8) is 0 Å². The minimum absolute atomic E-state index is 0.0745. The summed E-state index contributed by atoms with van der Waals surface area (Å²) in [6, 6.07) is 13.2. The topological polar surface area (TPSA) is 86.8 Å². The van der Waals surface area contributed by atoms with E-state index < -0.39 is 16.1 Å². The van der Waals surface area contributed by atoms with Crippen LogP contribution in [0.5, 0.6) is 0 Å². The summed E-state index contributed by atoms with van der Waals surface area (Å²) in [7, 11) is -3.52. The normalized spacial score (nSPS) is 14.9. The summed E-state index contributed by atoms with van der Waals surface area (Å²) >= 11 is 12.4. The first kappa shape index (κ1) is 28.3. The van der Waals surface area contributed by atoms with E-state index in [4.69, 9.17) is 23.2 Å². The number of benzene rings is 2. The molecular weight excluding hydrogens is 521 g/mol. The van der Waals surface area contributed by atoms with E-state index >= 15 is 0 Å². The lowest BCUT2D eigenvalue weighted by Gasteiger charge is -2.30. The van der Waals surface area contributed by atoms with Gasteiger partial charge in [0.05, 0.1) is 11.9 Å². The molecule has 196 valence electrons. The molecule has 0 unspecified atom stereocenters. The molecule has 1 saturated carbocycles. The van der Waals surface area contributed by atoms with Crippen LogP contribution < -0.4 is 9.62 Å². The summed E-state index contributed by atoms with van der Waals surface area (Å²) in [5.74, 6) is -0.459. The minimum atomic E-state index is -3.52. The number of sulfonamides is 1. The van der Waals surface area contributed by atoms with Crippen LogP contribution in [0.1, 0.15) is 51.0 Å². The first-order chi connectivity index (χ1) is 17.1. The zero-order chi connectivity index (χ0) is 26.3. The number of hydrogen-bond acceptors (Lipinski definition) is 4. The van der Waals surface area contributed by atoms with Gasteiger partial charge < -0.3 is 10.2 Å². The van der Waals surface area contributed by atoms with E-state index in [-0.39, 0.29) is 37.4 Å². The van der Waals surface area contributed by atoms with E-state index in [1.165, 1.54) is 9.21 Å². The van der Waals surface area contributed by atoms with E-state index in [2.05, 4.69) is 5.32 Å². The quantitative estimate of drug-likeness (QED) is 0.423. The zero-order valence-corrected chi connectivity index (χ0v) is 23.0. The van der Waals surface area contributed by atoms with Gasteiger partial charge in [-0.15, -0.1) is 0 Å². The second kappa shape index (κ2) is 12.8. The third-order valence-electron chi connectivity index (χ3n) is 6.42. The molecule has 3 rings (SSSR count). The molecule has 1 atom stereocenters. The van der Waals surface area contributed by atoms with Gasteiger partial charge in [-0.2, -0.15) is 0 Å². The Bertz CT molecular complexity index is 1160. The molecule has 0 aliphatic heterocycles. The lowest BCUT2D eigenvalue weighted by atomic mass is 10.1. The fourth-order valence-corrected chi connectivity index (χ4v) is 5.84. The highest BCUT2D eigenvalue weighted by molar-refractivity contribution is 7.92. The average molecular weight is 555 g/mol. The lowest BCUT2D eigenvalue weighted by Crippen LogP contribution is -2.49. The van der Waals surface area contributed by atoms with Crippen molar-refractivity contribution in [2.45, 2.75) is 64.1 Å². The van der Waals surface area contributed by atoms with Crippen LogP contribution in [0.3, 0.4) is 0 Å². The largest absolute Gasteiger partial charge is 0.352 e. The van der Waals surface area contributed by atoms with Gasteiger partial charge in [-0.3, -0.25) is 13.9 Å². The second-order valence-corrected chi connectivity index (χ2v) is 11.9. The predicted octanol–water partition coefficient (Wildman–Crippen LogP) is 5.02. The van der Waals surface area contributed by atoms with Gasteiger partial charge in [0.25, 0.3) is 0 Å². The molecule has 2 amide bonds. The molecule has 36 heavy (non-hydrogen) atoms. The van der Waals surface area contributed by atoms with Crippen molar-refractivity contribution in [3.05, 3.63) is 64.1 Å². The van der Waals surface area contributed by atoms with Gasteiger partial charge in [0.1, 0.15) is 6.04 Å². The van der Waals surface area contributed by atoms with E-state index in [0.29, 0.717) is 27.7 Å². The molecule has 7 nitrogen and oxygen atoms in total. The van der Waals surface area contributed by atoms with Crippen LogP contribution in [0.25, 0.3) is 0 Å². The molecule has 1 aliphatic carbocycles. The summed E-state index contributed by atoms with van der Waals surface area (Å²) in [6.45, 7) is 1.99. The molecule has 1 aliphatic rings. The Morgan fingerprint density at radius 3 is 2.36 bits per heavy atom. The van der Waals surface area contributed by atoms with Gasteiger partial charge in [0, 0.05) is 35.6 Å². The van der Waals surface area contributed by atoms with Crippen LogP contribution >= 0.6 is 23.2 Å². The maximum atomic E-state index is 13.4. The first-order valence-electron chi connectivity index (χ1n) is 12.1. The summed E-state index contributed by atoms with van der Waals surface area (Å²) in [4.78, 5) is 27.9. The average Bonchev–Trinajstić information content (AvgIpc) is 3.33. The van der Waals surface area contributed by atoms with E-state index in [0.717, 1.165) is 31.9 Å². The van der Waals surface area contributed by atoms with Crippen molar-refractivity contribution in [1.82, 2.24) is 10.2 Å². The molecular formula is C26H33Cl2N3O4S. The van der Waals surface area contributed by atoms with Crippen molar-refractivity contribution in [2.24, 2.45) is 0 Å². The highest BCUT2D eigenvalue weighted by Gasteiger charge is 2.29. The van der Waals surface area contributed by atoms with Gasteiger partial charge in [-0.25, -0.2) is 8.42 Å². The lowest BCUT2D eigenvalue weighted by molar-refractivity contribution is -0.140. The number of halogens is 2. The smallest absolute Gasteiger partial charge is 0.242 e. The fraction of sp³-hybridized carbons (Fsp3) is 0.462. The summed E-state index contributed by atoms with van der Waals surface area (Å²) < 4.78 is 26.0. The van der Waals surface area contributed by atoms with Crippen LogP contribution in [-0.2, 0) is 26.2 Å².